The summed E-state index contributed by atoms with van der Waals surface area (Å²) in [6.07, 6.45) is 0. The minimum absolute atomic E-state index is 0.154. The predicted molar refractivity (Wildman–Crippen MR) is 105 cm³/mol. The van der Waals surface area contributed by atoms with Gasteiger partial charge in [-0.15, -0.1) is 11.3 Å². The Hall–Kier alpha value is -2.84. The molecule has 0 atom stereocenters. The molecule has 1 aliphatic heterocycles. The fourth-order valence-electron chi connectivity index (χ4n) is 2.98. The first-order valence-electron chi connectivity index (χ1n) is 8.76. The van der Waals surface area contributed by atoms with Crippen molar-refractivity contribution in [3.63, 3.8) is 0 Å². The molecule has 2 aromatic carbocycles. The molecule has 0 saturated carbocycles. The van der Waals surface area contributed by atoms with E-state index < -0.39 is 17.5 Å². The molecule has 1 aromatic heterocycles. The van der Waals surface area contributed by atoms with Gasteiger partial charge in [0.2, 0.25) is 0 Å². The summed E-state index contributed by atoms with van der Waals surface area (Å²) in [6, 6.07) is 10.8. The van der Waals surface area contributed by atoms with Gasteiger partial charge in [0.1, 0.15) is 22.3 Å². The second-order valence-electron chi connectivity index (χ2n) is 6.24. The van der Waals surface area contributed by atoms with Crippen molar-refractivity contribution in [1.29, 1.82) is 0 Å². The number of rotatable bonds is 4. The number of nitrogens with zero attached hydrogens (tertiary/aromatic N) is 2. The third-order valence-electron chi connectivity index (χ3n) is 4.40. The number of aromatic nitrogens is 1. The maximum absolute atomic E-state index is 14.5. The zero-order valence-electron chi connectivity index (χ0n) is 14.8. The normalized spacial score (nSPS) is 14.1. The van der Waals surface area contributed by atoms with Crippen LogP contribution < -0.4 is 10.2 Å². The van der Waals surface area contributed by atoms with Gasteiger partial charge >= 0.3 is 0 Å². The first-order valence-corrected chi connectivity index (χ1v) is 9.64. The summed E-state index contributed by atoms with van der Waals surface area (Å²) in [6.45, 7) is 2.37. The molecule has 0 spiro atoms. The van der Waals surface area contributed by atoms with Crippen LogP contribution in [0.15, 0.2) is 47.8 Å². The Morgan fingerprint density at radius 3 is 2.64 bits per heavy atom. The molecule has 1 N–H and O–H groups in total. The van der Waals surface area contributed by atoms with Gasteiger partial charge in [0.05, 0.1) is 18.9 Å². The molecule has 0 radical (unpaired) electrons. The highest BCUT2D eigenvalue weighted by molar-refractivity contribution is 7.13. The van der Waals surface area contributed by atoms with E-state index in [1.54, 1.807) is 35.7 Å². The van der Waals surface area contributed by atoms with Gasteiger partial charge in [-0.25, -0.2) is 13.8 Å². The maximum Gasteiger partial charge on any atom is 0.275 e. The number of hydrogen-bond donors (Lipinski definition) is 1. The van der Waals surface area contributed by atoms with Crippen LogP contribution in [-0.2, 0) is 4.74 Å². The molecule has 0 aliphatic carbocycles. The maximum atomic E-state index is 14.5. The van der Waals surface area contributed by atoms with Gasteiger partial charge in [0.25, 0.3) is 5.91 Å². The number of benzene rings is 2. The van der Waals surface area contributed by atoms with Gasteiger partial charge in [-0.2, -0.15) is 0 Å². The molecule has 4 rings (SSSR count). The van der Waals surface area contributed by atoms with E-state index in [-0.39, 0.29) is 5.69 Å². The molecule has 3 aromatic rings. The van der Waals surface area contributed by atoms with Crippen LogP contribution in [0.25, 0.3) is 10.6 Å². The first-order chi connectivity index (χ1) is 13.6. The van der Waals surface area contributed by atoms with E-state index in [1.807, 2.05) is 4.90 Å². The van der Waals surface area contributed by atoms with Gasteiger partial charge in [-0.1, -0.05) is 12.1 Å². The van der Waals surface area contributed by atoms with Gasteiger partial charge in [0.15, 0.2) is 0 Å². The largest absolute Gasteiger partial charge is 0.378 e. The van der Waals surface area contributed by atoms with Gasteiger partial charge in [-0.05, 0) is 30.3 Å². The molecular formula is C20H17F2N3O2S. The van der Waals surface area contributed by atoms with Crippen LogP contribution in [0.3, 0.4) is 0 Å². The molecule has 0 unspecified atom stereocenters. The van der Waals surface area contributed by atoms with E-state index in [1.165, 1.54) is 23.5 Å². The minimum Gasteiger partial charge on any atom is -0.378 e. The average Bonchev–Trinajstić information content (AvgIpc) is 3.19. The lowest BCUT2D eigenvalue weighted by Gasteiger charge is -2.29. The number of hydrogen-bond acceptors (Lipinski definition) is 5. The minimum atomic E-state index is -0.475. The lowest BCUT2D eigenvalue weighted by molar-refractivity contribution is 0.102. The summed E-state index contributed by atoms with van der Waals surface area (Å²) in [5, 5.41) is 4.60. The molecule has 1 aliphatic rings. The molecule has 2 heterocycles. The van der Waals surface area contributed by atoms with Crippen molar-refractivity contribution in [3.05, 3.63) is 65.2 Å². The molecule has 144 valence electrons. The van der Waals surface area contributed by atoms with E-state index in [4.69, 9.17) is 4.74 Å². The summed E-state index contributed by atoms with van der Waals surface area (Å²) < 4.78 is 33.6. The Balaban J connectivity index is 1.48. The van der Waals surface area contributed by atoms with Crippen molar-refractivity contribution < 1.29 is 18.3 Å². The summed E-state index contributed by atoms with van der Waals surface area (Å²) in [4.78, 5) is 18.5. The summed E-state index contributed by atoms with van der Waals surface area (Å²) in [5.41, 5.74) is 1.31. The molecule has 1 saturated heterocycles. The number of carbonyl (C=O) groups excluding carboxylic acids is 1. The second kappa shape index (κ2) is 8.04. The smallest absolute Gasteiger partial charge is 0.275 e. The van der Waals surface area contributed by atoms with Crippen molar-refractivity contribution in [1.82, 2.24) is 4.98 Å². The highest BCUT2D eigenvalue weighted by Gasteiger charge is 2.17. The first kappa shape index (κ1) is 18.5. The van der Waals surface area contributed by atoms with Crippen LogP contribution in [0.2, 0.25) is 0 Å². The zero-order chi connectivity index (χ0) is 19.5. The quantitative estimate of drug-likeness (QED) is 0.713. The number of amides is 1. The molecule has 5 nitrogen and oxygen atoms in total. The van der Waals surface area contributed by atoms with E-state index in [9.17, 15) is 13.6 Å². The number of morpholine rings is 1. The Bertz CT molecular complexity index is 1000. The van der Waals surface area contributed by atoms with Crippen molar-refractivity contribution in [3.8, 4) is 10.6 Å². The molecule has 28 heavy (non-hydrogen) atoms. The highest BCUT2D eigenvalue weighted by Crippen LogP contribution is 2.27. The van der Waals surface area contributed by atoms with Crippen molar-refractivity contribution in [2.45, 2.75) is 0 Å². The Morgan fingerprint density at radius 1 is 1.11 bits per heavy atom. The fourth-order valence-corrected chi connectivity index (χ4v) is 3.80. The lowest BCUT2D eigenvalue weighted by Crippen LogP contribution is -2.36. The van der Waals surface area contributed by atoms with E-state index in [2.05, 4.69) is 10.3 Å². The standard InChI is InChI=1S/C20H17F2N3O2S/c21-15-4-2-1-3-14(15)20-24-17(12-28-20)19(26)23-13-5-6-18(16(22)11-13)25-7-9-27-10-8-25/h1-6,11-12H,7-10H2,(H,23,26). The SMILES string of the molecule is O=C(Nc1ccc(N2CCOCC2)c(F)c1)c1csc(-c2ccccc2F)n1. The highest BCUT2D eigenvalue weighted by atomic mass is 32.1. The Kier molecular flexibility index (Phi) is 5.31. The number of anilines is 2. The van der Waals surface area contributed by atoms with Crippen molar-refractivity contribution in [2.24, 2.45) is 0 Å². The number of nitrogens with one attached hydrogen (secondary N) is 1. The second-order valence-corrected chi connectivity index (χ2v) is 7.10. The van der Waals surface area contributed by atoms with Crippen molar-refractivity contribution >= 4 is 28.6 Å². The molecule has 0 bridgehead atoms. The summed E-state index contributed by atoms with van der Waals surface area (Å²) in [7, 11) is 0. The van der Waals surface area contributed by atoms with Gasteiger partial charge in [0, 0.05) is 29.7 Å². The van der Waals surface area contributed by atoms with E-state index in [0.717, 1.165) is 0 Å². The van der Waals surface area contributed by atoms with Gasteiger partial charge < -0.3 is 15.0 Å². The fraction of sp³-hybridized carbons (Fsp3) is 0.200. The van der Waals surface area contributed by atoms with Crippen LogP contribution in [0.1, 0.15) is 10.5 Å². The number of carbonyl (C=O) groups is 1. The topological polar surface area (TPSA) is 54.5 Å². The van der Waals surface area contributed by atoms with Crippen LogP contribution in [-0.4, -0.2) is 37.2 Å². The predicted octanol–water partition coefficient (Wildman–Crippen LogP) is 4.18. The monoisotopic (exact) mass is 401 g/mol. The van der Waals surface area contributed by atoms with Crippen LogP contribution in [0.5, 0.6) is 0 Å². The van der Waals surface area contributed by atoms with E-state index in [0.29, 0.717) is 48.2 Å². The van der Waals surface area contributed by atoms with Gasteiger partial charge in [-0.3, -0.25) is 4.79 Å². The van der Waals surface area contributed by atoms with Crippen molar-refractivity contribution in [2.75, 3.05) is 36.5 Å². The van der Waals surface area contributed by atoms with E-state index >= 15 is 0 Å². The van der Waals surface area contributed by atoms with Crippen LogP contribution >= 0.6 is 11.3 Å². The number of ether oxygens (including phenoxy) is 1. The third-order valence-corrected chi connectivity index (χ3v) is 5.27. The Labute approximate surface area is 164 Å². The number of thiazole rings is 1. The average molecular weight is 401 g/mol. The molecular weight excluding hydrogens is 384 g/mol. The summed E-state index contributed by atoms with van der Waals surface area (Å²) >= 11 is 1.18. The lowest BCUT2D eigenvalue weighted by atomic mass is 10.2. The Morgan fingerprint density at radius 2 is 1.89 bits per heavy atom. The van der Waals surface area contributed by atoms with Crippen LogP contribution in [0.4, 0.5) is 20.2 Å². The third kappa shape index (κ3) is 3.88. The zero-order valence-corrected chi connectivity index (χ0v) is 15.6. The summed E-state index contributed by atoms with van der Waals surface area (Å²) in [5.74, 6) is -1.29. The number of halogens is 2. The molecule has 1 fully saturated rings. The molecule has 1 amide bonds. The molecule has 8 heteroatoms. The van der Waals surface area contributed by atoms with Crippen LogP contribution in [0, 0.1) is 11.6 Å².